The van der Waals surface area contributed by atoms with Crippen LogP contribution in [0.3, 0.4) is 0 Å². The van der Waals surface area contributed by atoms with Crippen LogP contribution in [0.15, 0.2) is 42.6 Å². The maximum atomic E-state index is 6.09. The maximum absolute atomic E-state index is 6.09. The molecule has 0 amide bonds. The number of anilines is 2. The fraction of sp³-hybridized carbons (Fsp3) is 0.348. The SMILES string of the molecule is Cc1nc(Nc2cccc([C@@H]3CN(Cc4c(C)nc5ccccn45)CCO3)n2)sc1C. The minimum absolute atomic E-state index is 0.0604. The summed E-state index contributed by atoms with van der Waals surface area (Å²) in [5.74, 6) is 0.796. The van der Waals surface area contributed by atoms with Crippen molar-refractivity contribution in [2.24, 2.45) is 0 Å². The van der Waals surface area contributed by atoms with Crippen LogP contribution in [0, 0.1) is 20.8 Å². The number of aromatic nitrogens is 4. The molecule has 1 saturated heterocycles. The van der Waals surface area contributed by atoms with Crippen LogP contribution >= 0.6 is 11.3 Å². The summed E-state index contributed by atoms with van der Waals surface area (Å²) in [6.07, 6.45) is 2.02. The lowest BCUT2D eigenvalue weighted by Gasteiger charge is -2.32. The van der Waals surface area contributed by atoms with Gasteiger partial charge in [0.2, 0.25) is 0 Å². The smallest absolute Gasteiger partial charge is 0.188 e. The number of aryl methyl sites for hydroxylation is 3. The molecule has 1 atom stereocenters. The third kappa shape index (κ3) is 4.19. The highest BCUT2D eigenvalue weighted by molar-refractivity contribution is 7.15. The highest BCUT2D eigenvalue weighted by Crippen LogP contribution is 2.27. The van der Waals surface area contributed by atoms with E-state index in [9.17, 15) is 0 Å². The molecule has 0 unspecified atom stereocenters. The van der Waals surface area contributed by atoms with Crippen LogP contribution in [0.5, 0.6) is 0 Å². The van der Waals surface area contributed by atoms with Crippen LogP contribution in [0.1, 0.15) is 33.8 Å². The van der Waals surface area contributed by atoms with Gasteiger partial charge in [-0.1, -0.05) is 12.1 Å². The molecule has 0 saturated carbocycles. The molecule has 4 aromatic heterocycles. The topological polar surface area (TPSA) is 67.6 Å². The zero-order valence-electron chi connectivity index (χ0n) is 18.0. The highest BCUT2D eigenvalue weighted by atomic mass is 32.1. The monoisotopic (exact) mass is 434 g/mol. The van der Waals surface area contributed by atoms with E-state index in [0.717, 1.165) is 53.3 Å². The fourth-order valence-corrected chi connectivity index (χ4v) is 4.75. The number of imidazole rings is 1. The lowest BCUT2D eigenvalue weighted by Crippen LogP contribution is -2.38. The van der Waals surface area contributed by atoms with Gasteiger partial charge in [0.15, 0.2) is 5.13 Å². The van der Waals surface area contributed by atoms with Crippen molar-refractivity contribution in [3.05, 3.63) is 70.2 Å². The first-order chi connectivity index (χ1) is 15.1. The van der Waals surface area contributed by atoms with Crippen LogP contribution in [0.25, 0.3) is 5.65 Å². The number of ether oxygens (including phenoxy) is 1. The molecule has 8 heteroatoms. The van der Waals surface area contributed by atoms with E-state index < -0.39 is 0 Å². The Morgan fingerprint density at radius 3 is 2.81 bits per heavy atom. The van der Waals surface area contributed by atoms with Crippen LogP contribution in [-0.2, 0) is 11.3 Å². The van der Waals surface area contributed by atoms with Gasteiger partial charge in [0, 0.05) is 30.7 Å². The summed E-state index contributed by atoms with van der Waals surface area (Å²) < 4.78 is 8.27. The van der Waals surface area contributed by atoms with Gasteiger partial charge in [0.05, 0.1) is 29.4 Å². The lowest BCUT2D eigenvalue weighted by molar-refractivity contribution is -0.0354. The van der Waals surface area contributed by atoms with Gasteiger partial charge in [0.1, 0.15) is 17.6 Å². The Morgan fingerprint density at radius 1 is 1.06 bits per heavy atom. The fourth-order valence-electron chi connectivity index (χ4n) is 3.93. The standard InChI is InChI=1S/C23H26N6OS/c1-15-17(3)31-23(25-15)27-21-8-6-7-18(26-21)20-14-28(11-12-30-20)13-19-16(2)24-22-9-4-5-10-29(19)22/h4-10,20H,11-14H2,1-3H3,(H,25,26,27)/t20-/m0/s1. The quantitative estimate of drug-likeness (QED) is 0.501. The van der Waals surface area contributed by atoms with E-state index in [1.807, 2.05) is 43.3 Å². The van der Waals surface area contributed by atoms with Gasteiger partial charge in [-0.3, -0.25) is 4.90 Å². The predicted octanol–water partition coefficient (Wildman–Crippen LogP) is 4.43. The number of rotatable bonds is 5. The van der Waals surface area contributed by atoms with Crippen molar-refractivity contribution in [1.29, 1.82) is 0 Å². The third-order valence-corrected chi connectivity index (χ3v) is 6.71. The molecule has 7 nitrogen and oxygen atoms in total. The molecule has 0 spiro atoms. The zero-order valence-corrected chi connectivity index (χ0v) is 18.8. The van der Waals surface area contributed by atoms with Crippen LogP contribution < -0.4 is 5.32 Å². The average Bonchev–Trinajstić information content (AvgIpc) is 3.26. The van der Waals surface area contributed by atoms with Crippen molar-refractivity contribution in [3.63, 3.8) is 0 Å². The summed E-state index contributed by atoms with van der Waals surface area (Å²) in [5, 5.41) is 4.21. The number of morpholine rings is 1. The van der Waals surface area contributed by atoms with Gasteiger partial charge in [-0.2, -0.15) is 0 Å². The van der Waals surface area contributed by atoms with Crippen molar-refractivity contribution < 1.29 is 4.74 Å². The normalized spacial score (nSPS) is 17.3. The molecule has 0 aliphatic carbocycles. The zero-order chi connectivity index (χ0) is 21.4. The van der Waals surface area contributed by atoms with Gasteiger partial charge in [-0.05, 0) is 45.0 Å². The van der Waals surface area contributed by atoms with E-state index in [4.69, 9.17) is 14.7 Å². The van der Waals surface area contributed by atoms with Gasteiger partial charge >= 0.3 is 0 Å². The molecular weight excluding hydrogens is 408 g/mol. The molecule has 1 fully saturated rings. The Balaban J connectivity index is 1.31. The summed E-state index contributed by atoms with van der Waals surface area (Å²) in [4.78, 5) is 17.7. The Morgan fingerprint density at radius 2 is 1.97 bits per heavy atom. The van der Waals surface area contributed by atoms with Crippen molar-refractivity contribution in [2.75, 3.05) is 25.0 Å². The molecule has 0 bridgehead atoms. The average molecular weight is 435 g/mol. The molecule has 160 valence electrons. The Hall–Kier alpha value is -2.81. The molecular formula is C23H26N6OS. The predicted molar refractivity (Wildman–Crippen MR) is 123 cm³/mol. The molecule has 31 heavy (non-hydrogen) atoms. The van der Waals surface area contributed by atoms with E-state index >= 15 is 0 Å². The number of fused-ring (bicyclic) bond motifs is 1. The van der Waals surface area contributed by atoms with Crippen LogP contribution in [-0.4, -0.2) is 43.9 Å². The van der Waals surface area contributed by atoms with E-state index in [-0.39, 0.29) is 6.10 Å². The molecule has 1 aliphatic heterocycles. The van der Waals surface area contributed by atoms with Gasteiger partial charge in [-0.15, -0.1) is 11.3 Å². The number of thiazole rings is 1. The summed E-state index contributed by atoms with van der Waals surface area (Å²) in [5.41, 5.74) is 5.29. The van der Waals surface area contributed by atoms with E-state index in [2.05, 4.69) is 39.6 Å². The van der Waals surface area contributed by atoms with Crippen molar-refractivity contribution in [1.82, 2.24) is 24.3 Å². The Kier molecular flexibility index (Phi) is 5.43. The van der Waals surface area contributed by atoms with E-state index in [0.29, 0.717) is 6.61 Å². The summed E-state index contributed by atoms with van der Waals surface area (Å²) in [7, 11) is 0. The first-order valence-electron chi connectivity index (χ1n) is 10.5. The Bertz CT molecular complexity index is 1200. The van der Waals surface area contributed by atoms with Crippen LogP contribution in [0.2, 0.25) is 0 Å². The highest BCUT2D eigenvalue weighted by Gasteiger charge is 2.25. The second kappa shape index (κ2) is 8.37. The number of hydrogen-bond donors (Lipinski definition) is 1. The summed E-state index contributed by atoms with van der Waals surface area (Å²) in [6, 6.07) is 12.2. The minimum Gasteiger partial charge on any atom is -0.369 e. The maximum Gasteiger partial charge on any atom is 0.188 e. The molecule has 4 aromatic rings. The molecule has 1 N–H and O–H groups in total. The summed E-state index contributed by atoms with van der Waals surface area (Å²) in [6.45, 7) is 9.40. The van der Waals surface area contributed by atoms with Crippen molar-refractivity contribution >= 4 is 27.9 Å². The van der Waals surface area contributed by atoms with Gasteiger partial charge in [-0.25, -0.2) is 15.0 Å². The molecule has 0 aromatic carbocycles. The lowest BCUT2D eigenvalue weighted by atomic mass is 10.1. The largest absolute Gasteiger partial charge is 0.369 e. The Labute approximate surface area is 185 Å². The molecule has 5 heterocycles. The van der Waals surface area contributed by atoms with E-state index in [1.54, 1.807) is 11.3 Å². The molecule has 1 aliphatic rings. The molecule has 0 radical (unpaired) electrons. The van der Waals surface area contributed by atoms with Gasteiger partial charge in [0.25, 0.3) is 0 Å². The first kappa shape index (κ1) is 20.1. The number of pyridine rings is 2. The second-order valence-corrected chi connectivity index (χ2v) is 9.10. The van der Waals surface area contributed by atoms with Crippen molar-refractivity contribution in [2.45, 2.75) is 33.4 Å². The number of nitrogens with one attached hydrogen (secondary N) is 1. The van der Waals surface area contributed by atoms with Crippen LogP contribution in [0.4, 0.5) is 10.9 Å². The third-order valence-electron chi connectivity index (χ3n) is 5.72. The van der Waals surface area contributed by atoms with Crippen molar-refractivity contribution in [3.8, 4) is 0 Å². The number of hydrogen-bond acceptors (Lipinski definition) is 7. The molecule has 5 rings (SSSR count). The second-order valence-electron chi connectivity index (χ2n) is 7.90. The van der Waals surface area contributed by atoms with Gasteiger partial charge < -0.3 is 14.5 Å². The summed E-state index contributed by atoms with van der Waals surface area (Å²) >= 11 is 1.65. The first-order valence-corrected chi connectivity index (χ1v) is 11.3. The minimum atomic E-state index is -0.0604. The van der Waals surface area contributed by atoms with E-state index in [1.165, 1.54) is 10.6 Å². The number of nitrogens with zero attached hydrogens (tertiary/aromatic N) is 5.